The highest BCUT2D eigenvalue weighted by atomic mass is 35.5. The van der Waals surface area contributed by atoms with E-state index in [0.29, 0.717) is 22.8 Å². The molecule has 0 bridgehead atoms. The standard InChI is InChI=1S/C21H18ClN3O2/c22-18-8-10-19(11-9-18)24-20(26)15-25-12-4-7-17(14-25)21(27)23-13-16-5-2-1-3-6-16/h1-12,14H,13,15H2,(H-,23,24,26,27)/p+1. The fraction of sp³-hybridized carbons (Fsp3) is 0.0952. The minimum atomic E-state index is -0.191. The fourth-order valence-electron chi connectivity index (χ4n) is 2.53. The SMILES string of the molecule is O=C(C[n+]1cccc(C(=O)NCc2ccccc2)c1)Nc1ccc(Cl)cc1. The van der Waals surface area contributed by atoms with Gasteiger partial charge in [0.15, 0.2) is 12.4 Å². The van der Waals surface area contributed by atoms with Crippen LogP contribution in [0.1, 0.15) is 15.9 Å². The predicted octanol–water partition coefficient (Wildman–Crippen LogP) is 3.20. The molecule has 3 rings (SSSR count). The van der Waals surface area contributed by atoms with Crippen LogP contribution in [0.2, 0.25) is 5.02 Å². The molecule has 0 aliphatic heterocycles. The van der Waals surface area contributed by atoms with Crippen molar-refractivity contribution in [2.75, 3.05) is 5.32 Å². The molecule has 27 heavy (non-hydrogen) atoms. The summed E-state index contributed by atoms with van der Waals surface area (Å²) < 4.78 is 1.67. The van der Waals surface area contributed by atoms with E-state index in [0.717, 1.165) is 5.56 Å². The lowest BCUT2D eigenvalue weighted by Crippen LogP contribution is -2.41. The van der Waals surface area contributed by atoms with Crippen molar-refractivity contribution in [2.45, 2.75) is 13.1 Å². The van der Waals surface area contributed by atoms with E-state index in [2.05, 4.69) is 10.6 Å². The van der Waals surface area contributed by atoms with Gasteiger partial charge < -0.3 is 10.6 Å². The van der Waals surface area contributed by atoms with Gasteiger partial charge in [-0.25, -0.2) is 0 Å². The molecule has 0 radical (unpaired) electrons. The van der Waals surface area contributed by atoms with E-state index in [-0.39, 0.29) is 18.4 Å². The number of carbonyl (C=O) groups is 2. The average molecular weight is 381 g/mol. The molecule has 0 fully saturated rings. The molecule has 0 saturated heterocycles. The minimum absolute atomic E-state index is 0.0996. The lowest BCUT2D eigenvalue weighted by atomic mass is 10.2. The van der Waals surface area contributed by atoms with Crippen LogP contribution in [-0.4, -0.2) is 11.8 Å². The average Bonchev–Trinajstić information content (AvgIpc) is 2.69. The number of carbonyl (C=O) groups excluding carboxylic acids is 2. The second-order valence-corrected chi connectivity index (χ2v) is 6.42. The van der Waals surface area contributed by atoms with Crippen LogP contribution < -0.4 is 15.2 Å². The summed E-state index contributed by atoms with van der Waals surface area (Å²) >= 11 is 5.84. The monoisotopic (exact) mass is 380 g/mol. The van der Waals surface area contributed by atoms with Crippen LogP contribution in [-0.2, 0) is 17.9 Å². The maximum Gasteiger partial charge on any atom is 0.290 e. The lowest BCUT2D eigenvalue weighted by molar-refractivity contribution is -0.684. The second-order valence-electron chi connectivity index (χ2n) is 5.99. The van der Waals surface area contributed by atoms with Crippen LogP contribution in [0.4, 0.5) is 5.69 Å². The van der Waals surface area contributed by atoms with Gasteiger partial charge in [-0.1, -0.05) is 41.9 Å². The van der Waals surface area contributed by atoms with Crippen molar-refractivity contribution < 1.29 is 14.2 Å². The van der Waals surface area contributed by atoms with Crippen molar-refractivity contribution in [2.24, 2.45) is 0 Å². The zero-order valence-corrected chi connectivity index (χ0v) is 15.3. The van der Waals surface area contributed by atoms with Gasteiger partial charge in [0.05, 0.1) is 0 Å². The fourth-order valence-corrected chi connectivity index (χ4v) is 2.66. The molecule has 2 aromatic carbocycles. The Kier molecular flexibility index (Phi) is 6.18. The van der Waals surface area contributed by atoms with E-state index in [1.807, 2.05) is 30.3 Å². The number of nitrogens with one attached hydrogen (secondary N) is 2. The zero-order valence-electron chi connectivity index (χ0n) is 14.6. The van der Waals surface area contributed by atoms with Crippen molar-refractivity contribution >= 4 is 29.1 Å². The van der Waals surface area contributed by atoms with Gasteiger partial charge in [-0.05, 0) is 35.9 Å². The molecule has 3 aromatic rings. The Balaban J connectivity index is 1.58. The zero-order chi connectivity index (χ0) is 19.1. The summed E-state index contributed by atoms with van der Waals surface area (Å²) in [5.41, 5.74) is 2.19. The molecule has 1 heterocycles. The highest BCUT2D eigenvalue weighted by molar-refractivity contribution is 6.30. The number of hydrogen-bond acceptors (Lipinski definition) is 2. The Bertz CT molecular complexity index is 928. The molecule has 2 amide bonds. The summed E-state index contributed by atoms with van der Waals surface area (Å²) in [6.45, 7) is 0.550. The molecule has 0 saturated carbocycles. The lowest BCUT2D eigenvalue weighted by Gasteiger charge is -2.06. The molecule has 0 atom stereocenters. The molecule has 1 aromatic heterocycles. The van der Waals surface area contributed by atoms with E-state index < -0.39 is 0 Å². The summed E-state index contributed by atoms with van der Waals surface area (Å²) in [6.07, 6.45) is 3.40. The van der Waals surface area contributed by atoms with Crippen LogP contribution in [0.3, 0.4) is 0 Å². The number of amides is 2. The van der Waals surface area contributed by atoms with Crippen LogP contribution in [0.15, 0.2) is 79.1 Å². The smallest absolute Gasteiger partial charge is 0.290 e. The number of anilines is 1. The van der Waals surface area contributed by atoms with Crippen molar-refractivity contribution in [3.8, 4) is 0 Å². The first-order valence-electron chi connectivity index (χ1n) is 8.47. The molecular weight excluding hydrogens is 362 g/mol. The molecule has 0 aliphatic rings. The topological polar surface area (TPSA) is 62.1 Å². The van der Waals surface area contributed by atoms with Gasteiger partial charge in [0.2, 0.25) is 6.54 Å². The first-order valence-corrected chi connectivity index (χ1v) is 8.84. The normalized spacial score (nSPS) is 10.3. The van der Waals surface area contributed by atoms with E-state index >= 15 is 0 Å². The summed E-state index contributed by atoms with van der Waals surface area (Å²) in [4.78, 5) is 24.5. The number of hydrogen-bond donors (Lipinski definition) is 2. The number of nitrogens with zero attached hydrogens (tertiary/aromatic N) is 1. The molecule has 2 N–H and O–H groups in total. The first kappa shape index (κ1) is 18.6. The van der Waals surface area contributed by atoms with Gasteiger partial charge in [-0.2, -0.15) is 4.57 Å². The van der Waals surface area contributed by atoms with Crippen LogP contribution in [0.5, 0.6) is 0 Å². The second kappa shape index (κ2) is 8.96. The van der Waals surface area contributed by atoms with Crippen molar-refractivity contribution in [3.05, 3.63) is 95.3 Å². The van der Waals surface area contributed by atoms with E-state index in [1.165, 1.54) is 0 Å². The van der Waals surface area contributed by atoms with Crippen molar-refractivity contribution in [1.82, 2.24) is 5.32 Å². The minimum Gasteiger partial charge on any atom is -0.348 e. The van der Waals surface area contributed by atoms with Crippen LogP contribution in [0, 0.1) is 0 Å². The maximum absolute atomic E-state index is 12.3. The Morgan fingerprint density at radius 2 is 1.67 bits per heavy atom. The highest BCUT2D eigenvalue weighted by Crippen LogP contribution is 2.13. The molecule has 0 unspecified atom stereocenters. The van der Waals surface area contributed by atoms with Gasteiger partial charge in [0.1, 0.15) is 5.56 Å². The largest absolute Gasteiger partial charge is 0.348 e. The molecule has 0 spiro atoms. The third kappa shape index (κ3) is 5.66. The van der Waals surface area contributed by atoms with Crippen molar-refractivity contribution in [1.29, 1.82) is 0 Å². The third-order valence-electron chi connectivity index (χ3n) is 3.87. The highest BCUT2D eigenvalue weighted by Gasteiger charge is 2.14. The van der Waals surface area contributed by atoms with Gasteiger partial charge in [-0.3, -0.25) is 9.59 Å². The van der Waals surface area contributed by atoms with Crippen LogP contribution >= 0.6 is 11.6 Å². The molecular formula is C21H19ClN3O2+. The first-order chi connectivity index (χ1) is 13.1. The van der Waals surface area contributed by atoms with Gasteiger partial charge >= 0.3 is 0 Å². The molecule has 6 heteroatoms. The predicted molar refractivity (Wildman–Crippen MR) is 104 cm³/mol. The Morgan fingerprint density at radius 1 is 0.926 bits per heavy atom. The van der Waals surface area contributed by atoms with E-state index in [4.69, 9.17) is 11.6 Å². The molecule has 136 valence electrons. The molecule has 0 aliphatic carbocycles. The number of pyridine rings is 1. The summed E-state index contributed by atoms with van der Waals surface area (Å²) in [7, 11) is 0. The van der Waals surface area contributed by atoms with E-state index in [1.54, 1.807) is 53.4 Å². The molecule has 5 nitrogen and oxygen atoms in total. The van der Waals surface area contributed by atoms with Gasteiger partial charge in [0.25, 0.3) is 11.8 Å². The maximum atomic E-state index is 12.3. The third-order valence-corrected chi connectivity index (χ3v) is 4.12. The van der Waals surface area contributed by atoms with Crippen LogP contribution in [0.25, 0.3) is 0 Å². The quantitative estimate of drug-likeness (QED) is 0.645. The summed E-state index contributed by atoms with van der Waals surface area (Å²) in [6, 6.07) is 20.0. The van der Waals surface area contributed by atoms with Crippen molar-refractivity contribution in [3.63, 3.8) is 0 Å². The Labute approximate surface area is 162 Å². The number of benzene rings is 2. The van der Waals surface area contributed by atoms with Gasteiger partial charge in [-0.15, -0.1) is 0 Å². The number of rotatable bonds is 6. The van der Waals surface area contributed by atoms with E-state index in [9.17, 15) is 9.59 Å². The summed E-state index contributed by atoms with van der Waals surface area (Å²) in [5, 5.41) is 6.28. The van der Waals surface area contributed by atoms with Gasteiger partial charge in [0, 0.05) is 23.3 Å². The Hall–Kier alpha value is -3.18. The number of aromatic nitrogens is 1. The Morgan fingerprint density at radius 3 is 2.41 bits per heavy atom. The number of halogens is 1. The summed E-state index contributed by atoms with van der Waals surface area (Å²) in [5.74, 6) is -0.379.